The Balaban J connectivity index is 1.50. The molecule has 24 heavy (non-hydrogen) atoms. The van der Waals surface area contributed by atoms with Crippen molar-refractivity contribution in [3.8, 4) is 5.75 Å². The number of piperazine rings is 1. The molecular weight excluding hydrogens is 307 g/mol. The van der Waals surface area contributed by atoms with Crippen molar-refractivity contribution in [2.45, 2.75) is 6.92 Å². The van der Waals surface area contributed by atoms with Gasteiger partial charge in [-0.05, 0) is 31.2 Å². The van der Waals surface area contributed by atoms with Crippen LogP contribution in [0.2, 0.25) is 0 Å². The van der Waals surface area contributed by atoms with Crippen molar-refractivity contribution in [3.05, 3.63) is 59.9 Å². The van der Waals surface area contributed by atoms with Gasteiger partial charge in [0.15, 0.2) is 6.61 Å². The monoisotopic (exact) mass is 328 g/mol. The van der Waals surface area contributed by atoms with Crippen molar-refractivity contribution < 1.29 is 13.9 Å². The number of ether oxygens (including phenoxy) is 1. The van der Waals surface area contributed by atoms with Crippen molar-refractivity contribution in [1.82, 2.24) is 4.90 Å². The topological polar surface area (TPSA) is 32.8 Å². The highest BCUT2D eigenvalue weighted by molar-refractivity contribution is 5.78. The van der Waals surface area contributed by atoms with E-state index in [1.807, 2.05) is 42.2 Å². The second kappa shape index (κ2) is 7.34. The molecule has 0 atom stereocenters. The van der Waals surface area contributed by atoms with Crippen LogP contribution in [0.15, 0.2) is 48.5 Å². The smallest absolute Gasteiger partial charge is 0.260 e. The summed E-state index contributed by atoms with van der Waals surface area (Å²) in [7, 11) is 0. The van der Waals surface area contributed by atoms with E-state index in [4.69, 9.17) is 4.74 Å². The Morgan fingerprint density at radius 2 is 1.71 bits per heavy atom. The van der Waals surface area contributed by atoms with Gasteiger partial charge < -0.3 is 14.5 Å². The highest BCUT2D eigenvalue weighted by atomic mass is 19.1. The summed E-state index contributed by atoms with van der Waals surface area (Å²) in [5, 5.41) is 0. The van der Waals surface area contributed by atoms with Gasteiger partial charge in [-0.15, -0.1) is 0 Å². The lowest BCUT2D eigenvalue weighted by Crippen LogP contribution is -2.50. The van der Waals surface area contributed by atoms with Gasteiger partial charge in [-0.2, -0.15) is 0 Å². The Labute approximate surface area is 141 Å². The van der Waals surface area contributed by atoms with Crippen molar-refractivity contribution in [2.75, 3.05) is 37.7 Å². The Bertz CT molecular complexity index is 695. The second-order valence-corrected chi connectivity index (χ2v) is 5.92. The molecular formula is C19H21FN2O2. The number of para-hydroxylation sites is 1. The molecule has 2 aromatic rings. The van der Waals surface area contributed by atoms with Gasteiger partial charge in [0.2, 0.25) is 0 Å². The van der Waals surface area contributed by atoms with E-state index in [0.29, 0.717) is 37.6 Å². The first kappa shape index (κ1) is 16.3. The molecule has 3 rings (SSSR count). The maximum atomic E-state index is 13.8. The van der Waals surface area contributed by atoms with Crippen LogP contribution >= 0.6 is 0 Å². The number of hydrogen-bond acceptors (Lipinski definition) is 3. The summed E-state index contributed by atoms with van der Waals surface area (Å²) in [5.41, 5.74) is 1.75. The molecule has 1 heterocycles. The van der Waals surface area contributed by atoms with E-state index in [0.717, 1.165) is 5.56 Å². The van der Waals surface area contributed by atoms with Gasteiger partial charge in [0.1, 0.15) is 11.6 Å². The van der Waals surface area contributed by atoms with Crippen LogP contribution in [-0.4, -0.2) is 43.6 Å². The predicted molar refractivity (Wildman–Crippen MR) is 91.9 cm³/mol. The zero-order valence-electron chi connectivity index (χ0n) is 13.7. The van der Waals surface area contributed by atoms with Crippen molar-refractivity contribution >= 4 is 11.6 Å². The van der Waals surface area contributed by atoms with Gasteiger partial charge in [-0.3, -0.25) is 4.79 Å². The molecule has 4 nitrogen and oxygen atoms in total. The van der Waals surface area contributed by atoms with Crippen molar-refractivity contribution in [2.24, 2.45) is 0 Å². The largest absolute Gasteiger partial charge is 0.484 e. The molecule has 2 aromatic carbocycles. The van der Waals surface area contributed by atoms with E-state index >= 15 is 0 Å². The molecule has 1 aliphatic heterocycles. The van der Waals surface area contributed by atoms with E-state index in [9.17, 15) is 9.18 Å². The van der Waals surface area contributed by atoms with Crippen LogP contribution in [0.25, 0.3) is 0 Å². The fourth-order valence-electron chi connectivity index (χ4n) is 2.78. The number of benzene rings is 2. The minimum atomic E-state index is -0.222. The molecule has 0 saturated carbocycles. The summed E-state index contributed by atoms with van der Waals surface area (Å²) in [5.74, 6) is 0.433. The number of hydrogen-bond donors (Lipinski definition) is 0. The van der Waals surface area contributed by atoms with Crippen molar-refractivity contribution in [3.63, 3.8) is 0 Å². The number of anilines is 1. The van der Waals surface area contributed by atoms with E-state index in [1.54, 1.807) is 17.0 Å². The van der Waals surface area contributed by atoms with E-state index in [-0.39, 0.29) is 18.3 Å². The number of carbonyl (C=O) groups excluding carboxylic acids is 1. The van der Waals surface area contributed by atoms with E-state index in [1.165, 1.54) is 6.07 Å². The molecule has 0 aliphatic carbocycles. The van der Waals surface area contributed by atoms with Crippen LogP contribution in [0.4, 0.5) is 10.1 Å². The molecule has 1 saturated heterocycles. The van der Waals surface area contributed by atoms with Gasteiger partial charge in [0.05, 0.1) is 5.69 Å². The van der Waals surface area contributed by atoms with Crippen LogP contribution in [0.1, 0.15) is 5.56 Å². The minimum Gasteiger partial charge on any atom is -0.484 e. The Hall–Kier alpha value is -2.56. The van der Waals surface area contributed by atoms with Gasteiger partial charge in [0, 0.05) is 26.2 Å². The maximum Gasteiger partial charge on any atom is 0.260 e. The van der Waals surface area contributed by atoms with Gasteiger partial charge >= 0.3 is 0 Å². The highest BCUT2D eigenvalue weighted by Crippen LogP contribution is 2.20. The van der Waals surface area contributed by atoms with E-state index < -0.39 is 0 Å². The second-order valence-electron chi connectivity index (χ2n) is 5.92. The molecule has 0 spiro atoms. The fourth-order valence-corrected chi connectivity index (χ4v) is 2.78. The summed E-state index contributed by atoms with van der Waals surface area (Å²) in [6.07, 6.45) is 0. The van der Waals surface area contributed by atoms with Crippen LogP contribution in [0.3, 0.4) is 0 Å². The molecule has 1 amide bonds. The number of aryl methyl sites for hydroxylation is 1. The molecule has 0 N–H and O–H groups in total. The summed E-state index contributed by atoms with van der Waals surface area (Å²) >= 11 is 0. The van der Waals surface area contributed by atoms with Crippen molar-refractivity contribution in [1.29, 1.82) is 0 Å². The average molecular weight is 328 g/mol. The summed E-state index contributed by atoms with van der Waals surface area (Å²) in [4.78, 5) is 16.0. The lowest BCUT2D eigenvalue weighted by molar-refractivity contribution is -0.133. The minimum absolute atomic E-state index is 0.0305. The number of halogens is 1. The summed E-state index contributed by atoms with van der Waals surface area (Å²) < 4.78 is 19.4. The number of rotatable bonds is 4. The third-order valence-corrected chi connectivity index (χ3v) is 4.21. The SMILES string of the molecule is Cc1ccc(OCC(=O)N2CCN(c3ccccc3F)CC2)cc1. The van der Waals surface area contributed by atoms with Crippen LogP contribution in [0.5, 0.6) is 5.75 Å². The number of nitrogens with zero attached hydrogens (tertiary/aromatic N) is 2. The van der Waals surface area contributed by atoms with E-state index in [2.05, 4.69) is 0 Å². The quantitative estimate of drug-likeness (QED) is 0.865. The zero-order chi connectivity index (χ0) is 16.9. The summed E-state index contributed by atoms with van der Waals surface area (Å²) in [6, 6.07) is 14.4. The fraction of sp³-hybridized carbons (Fsp3) is 0.316. The maximum absolute atomic E-state index is 13.8. The Morgan fingerprint density at radius 3 is 2.38 bits per heavy atom. The summed E-state index contributed by atoms with van der Waals surface area (Å²) in [6.45, 7) is 4.43. The molecule has 0 aromatic heterocycles. The first-order chi connectivity index (χ1) is 11.6. The Morgan fingerprint density at radius 1 is 1.04 bits per heavy atom. The molecule has 5 heteroatoms. The lowest BCUT2D eigenvalue weighted by atomic mass is 10.2. The molecule has 0 radical (unpaired) electrons. The molecule has 1 fully saturated rings. The standard InChI is InChI=1S/C19H21FN2O2/c1-15-6-8-16(9-7-15)24-14-19(23)22-12-10-21(11-13-22)18-5-3-2-4-17(18)20/h2-9H,10-14H2,1H3. The molecule has 0 unspecified atom stereocenters. The Kier molecular flexibility index (Phi) is 4.99. The van der Waals surface area contributed by atoms with Gasteiger partial charge in [-0.25, -0.2) is 4.39 Å². The number of amides is 1. The first-order valence-corrected chi connectivity index (χ1v) is 8.10. The van der Waals surface area contributed by atoms with Crippen LogP contribution in [0, 0.1) is 12.7 Å². The normalized spacial score (nSPS) is 14.6. The first-order valence-electron chi connectivity index (χ1n) is 8.10. The van der Waals surface area contributed by atoms with Crippen LogP contribution in [-0.2, 0) is 4.79 Å². The molecule has 1 aliphatic rings. The third-order valence-electron chi connectivity index (χ3n) is 4.21. The van der Waals surface area contributed by atoms with Gasteiger partial charge in [-0.1, -0.05) is 29.8 Å². The number of carbonyl (C=O) groups is 1. The highest BCUT2D eigenvalue weighted by Gasteiger charge is 2.22. The van der Waals surface area contributed by atoms with Gasteiger partial charge in [0.25, 0.3) is 5.91 Å². The lowest BCUT2D eigenvalue weighted by Gasteiger charge is -2.36. The van der Waals surface area contributed by atoms with Crippen LogP contribution < -0.4 is 9.64 Å². The zero-order valence-corrected chi connectivity index (χ0v) is 13.7. The molecule has 0 bridgehead atoms. The molecule has 126 valence electrons. The average Bonchev–Trinajstić information content (AvgIpc) is 2.61. The third kappa shape index (κ3) is 3.85. The predicted octanol–water partition coefficient (Wildman–Crippen LogP) is 2.86.